The first-order chi connectivity index (χ1) is 28.5. The molecule has 0 aliphatic carbocycles. The second-order valence-corrected chi connectivity index (χ2v) is 14.9. The number of allylic oxidation sites excluding steroid dienone is 16. The van der Waals surface area contributed by atoms with Gasteiger partial charge in [0, 0.05) is 19.3 Å². The monoisotopic (exact) mass is 805 g/mol. The minimum atomic E-state index is -0.811. The van der Waals surface area contributed by atoms with Gasteiger partial charge in [0.25, 0.3) is 0 Å². The largest absolute Gasteiger partial charge is 0.462 e. The molecule has 0 radical (unpaired) electrons. The first-order valence-electron chi connectivity index (χ1n) is 23.2. The summed E-state index contributed by atoms with van der Waals surface area (Å²) in [5, 5.41) is 0. The Morgan fingerprint density at radius 3 is 1.19 bits per heavy atom. The highest BCUT2D eigenvalue weighted by atomic mass is 16.6. The van der Waals surface area contributed by atoms with Crippen LogP contribution in [0.2, 0.25) is 0 Å². The molecule has 0 saturated heterocycles. The van der Waals surface area contributed by atoms with Crippen molar-refractivity contribution in [1.29, 1.82) is 0 Å². The first kappa shape index (κ1) is 54.3. The van der Waals surface area contributed by atoms with Gasteiger partial charge in [0.1, 0.15) is 13.2 Å². The molecule has 0 aliphatic rings. The van der Waals surface area contributed by atoms with Crippen molar-refractivity contribution >= 4 is 17.9 Å². The van der Waals surface area contributed by atoms with E-state index in [2.05, 4.69) is 106 Å². The number of ether oxygens (including phenoxy) is 3. The number of carbonyl (C=O) groups is 3. The lowest BCUT2D eigenvalue weighted by Crippen LogP contribution is -2.30. The Bertz CT molecular complexity index is 1200. The summed E-state index contributed by atoms with van der Waals surface area (Å²) in [7, 11) is 0. The molecular weight excluding hydrogens is 721 g/mol. The third kappa shape index (κ3) is 43.5. The van der Waals surface area contributed by atoms with Crippen molar-refractivity contribution in [2.45, 2.75) is 200 Å². The number of hydrogen-bond acceptors (Lipinski definition) is 6. The van der Waals surface area contributed by atoms with E-state index in [0.29, 0.717) is 19.3 Å². The zero-order valence-corrected chi connectivity index (χ0v) is 37.3. The zero-order chi connectivity index (χ0) is 42.3. The van der Waals surface area contributed by atoms with Crippen LogP contribution in [-0.4, -0.2) is 37.2 Å². The Labute approximate surface area is 356 Å². The maximum absolute atomic E-state index is 12.7. The van der Waals surface area contributed by atoms with Crippen molar-refractivity contribution in [3.63, 3.8) is 0 Å². The van der Waals surface area contributed by atoms with Gasteiger partial charge in [-0.3, -0.25) is 14.4 Å². The van der Waals surface area contributed by atoms with Gasteiger partial charge in [0.05, 0.1) is 0 Å². The molecule has 0 bridgehead atoms. The molecule has 58 heavy (non-hydrogen) atoms. The van der Waals surface area contributed by atoms with E-state index in [1.807, 2.05) is 12.2 Å². The summed E-state index contributed by atoms with van der Waals surface area (Å²) in [5.74, 6) is -1.03. The fraction of sp³-hybridized carbons (Fsp3) is 0.635. The molecule has 1 atom stereocenters. The predicted molar refractivity (Wildman–Crippen MR) is 247 cm³/mol. The smallest absolute Gasteiger partial charge is 0.306 e. The lowest BCUT2D eigenvalue weighted by atomic mass is 10.1. The van der Waals surface area contributed by atoms with Crippen LogP contribution in [0.15, 0.2) is 97.2 Å². The molecule has 0 aromatic heterocycles. The standard InChI is InChI=1S/C52H84O6/c1-4-7-10-13-16-18-20-22-24-25-26-27-29-30-32-34-36-39-42-45-51(54)57-48-49(47-56-50(53)44-41-38-15-12-9-6-3)58-52(55)46-43-40-37-35-33-31-28-23-21-19-17-14-11-8-5-2/h7,10,16-19,22-24,26-28,30,32,36,39,49H,4-6,8-9,11-15,20-21,25,29,31,33-35,37-38,40-48H2,1-3H3/b10-7-,18-16-,19-17-,24-22-,27-26-,28-23-,32-30-,39-36-. The highest BCUT2D eigenvalue weighted by Gasteiger charge is 2.19. The Balaban J connectivity index is 4.43. The van der Waals surface area contributed by atoms with E-state index in [1.165, 1.54) is 44.9 Å². The van der Waals surface area contributed by atoms with E-state index in [9.17, 15) is 14.4 Å². The third-order valence-corrected chi connectivity index (χ3v) is 9.34. The molecule has 0 aromatic rings. The Morgan fingerprint density at radius 1 is 0.362 bits per heavy atom. The van der Waals surface area contributed by atoms with Gasteiger partial charge in [-0.05, 0) is 89.9 Å². The average molecular weight is 805 g/mol. The van der Waals surface area contributed by atoms with E-state index in [4.69, 9.17) is 14.2 Å². The summed E-state index contributed by atoms with van der Waals surface area (Å²) in [6, 6.07) is 0. The second-order valence-electron chi connectivity index (χ2n) is 14.9. The van der Waals surface area contributed by atoms with E-state index in [1.54, 1.807) is 0 Å². The summed E-state index contributed by atoms with van der Waals surface area (Å²) in [5.41, 5.74) is 0. The van der Waals surface area contributed by atoms with Crippen molar-refractivity contribution in [3.8, 4) is 0 Å². The lowest BCUT2D eigenvalue weighted by Gasteiger charge is -2.18. The van der Waals surface area contributed by atoms with Crippen LogP contribution in [0.5, 0.6) is 0 Å². The quantitative estimate of drug-likeness (QED) is 0.0266. The summed E-state index contributed by atoms with van der Waals surface area (Å²) < 4.78 is 16.6. The summed E-state index contributed by atoms with van der Waals surface area (Å²) in [6.45, 7) is 6.33. The summed E-state index contributed by atoms with van der Waals surface area (Å²) >= 11 is 0. The van der Waals surface area contributed by atoms with Gasteiger partial charge in [0.2, 0.25) is 0 Å². The lowest BCUT2D eigenvalue weighted by molar-refractivity contribution is -0.166. The fourth-order valence-electron chi connectivity index (χ4n) is 5.85. The van der Waals surface area contributed by atoms with Crippen molar-refractivity contribution < 1.29 is 28.6 Å². The van der Waals surface area contributed by atoms with Gasteiger partial charge in [-0.2, -0.15) is 0 Å². The second kappa shape index (κ2) is 46.0. The SMILES string of the molecule is CC/C=C\C/C=C\C/C=C\C/C=C\C/C=C\C/C=C\CCC(=O)OCC(COC(=O)CCCCCCCC)OC(=O)CCCCCCC/C=C\C/C=C\CCCCC. The van der Waals surface area contributed by atoms with Crippen LogP contribution in [0.1, 0.15) is 194 Å². The normalized spacial score (nSPS) is 12.9. The van der Waals surface area contributed by atoms with Crippen LogP contribution >= 0.6 is 0 Å². The molecule has 0 aliphatic heterocycles. The summed E-state index contributed by atoms with van der Waals surface area (Å²) in [6.07, 6.45) is 59.9. The molecule has 0 fully saturated rings. The molecule has 0 aromatic carbocycles. The highest BCUT2D eigenvalue weighted by Crippen LogP contribution is 2.12. The predicted octanol–water partition coefficient (Wildman–Crippen LogP) is 15.0. The zero-order valence-electron chi connectivity index (χ0n) is 37.3. The maximum Gasteiger partial charge on any atom is 0.306 e. The van der Waals surface area contributed by atoms with Gasteiger partial charge < -0.3 is 14.2 Å². The molecule has 0 N–H and O–H groups in total. The van der Waals surface area contributed by atoms with Crippen LogP contribution in [0.3, 0.4) is 0 Å². The van der Waals surface area contributed by atoms with E-state index in [0.717, 1.165) is 103 Å². The van der Waals surface area contributed by atoms with Gasteiger partial charge in [-0.25, -0.2) is 0 Å². The first-order valence-corrected chi connectivity index (χ1v) is 23.2. The molecule has 0 saturated carbocycles. The van der Waals surface area contributed by atoms with Crippen LogP contribution in [-0.2, 0) is 28.6 Å². The molecule has 328 valence electrons. The van der Waals surface area contributed by atoms with E-state index >= 15 is 0 Å². The molecule has 0 amide bonds. The minimum absolute atomic E-state index is 0.108. The molecule has 6 heteroatoms. The van der Waals surface area contributed by atoms with Crippen LogP contribution < -0.4 is 0 Å². The van der Waals surface area contributed by atoms with Crippen molar-refractivity contribution in [1.82, 2.24) is 0 Å². The van der Waals surface area contributed by atoms with Gasteiger partial charge >= 0.3 is 17.9 Å². The average Bonchev–Trinajstić information content (AvgIpc) is 3.22. The molecule has 1 unspecified atom stereocenters. The maximum atomic E-state index is 12.7. The Morgan fingerprint density at radius 2 is 0.707 bits per heavy atom. The number of unbranched alkanes of at least 4 members (excludes halogenated alkanes) is 13. The van der Waals surface area contributed by atoms with Crippen molar-refractivity contribution in [2.24, 2.45) is 0 Å². The fourth-order valence-corrected chi connectivity index (χ4v) is 5.85. The molecule has 0 heterocycles. The number of hydrogen-bond donors (Lipinski definition) is 0. The molecule has 0 spiro atoms. The Hall–Kier alpha value is -3.67. The minimum Gasteiger partial charge on any atom is -0.462 e. The molecule has 6 nitrogen and oxygen atoms in total. The number of rotatable bonds is 40. The number of esters is 3. The van der Waals surface area contributed by atoms with Crippen molar-refractivity contribution in [2.75, 3.05) is 13.2 Å². The Kier molecular flexibility index (Phi) is 43.1. The van der Waals surface area contributed by atoms with Crippen molar-refractivity contribution in [3.05, 3.63) is 97.2 Å². The topological polar surface area (TPSA) is 78.9 Å². The van der Waals surface area contributed by atoms with Crippen LogP contribution in [0, 0.1) is 0 Å². The van der Waals surface area contributed by atoms with Crippen LogP contribution in [0.25, 0.3) is 0 Å². The van der Waals surface area contributed by atoms with Gasteiger partial charge in [-0.1, -0.05) is 182 Å². The van der Waals surface area contributed by atoms with E-state index in [-0.39, 0.29) is 37.5 Å². The molecule has 0 rings (SSSR count). The number of carbonyl (C=O) groups excluding carboxylic acids is 3. The van der Waals surface area contributed by atoms with E-state index < -0.39 is 6.10 Å². The van der Waals surface area contributed by atoms with Crippen LogP contribution in [0.4, 0.5) is 0 Å². The summed E-state index contributed by atoms with van der Waals surface area (Å²) in [4.78, 5) is 37.6. The van der Waals surface area contributed by atoms with Gasteiger partial charge in [0.15, 0.2) is 6.10 Å². The highest BCUT2D eigenvalue weighted by molar-refractivity contribution is 5.71. The third-order valence-electron chi connectivity index (χ3n) is 9.34. The van der Waals surface area contributed by atoms with Gasteiger partial charge in [-0.15, -0.1) is 0 Å². The molecular formula is C52H84O6.